The Labute approximate surface area is 189 Å². The predicted octanol–water partition coefficient (Wildman–Crippen LogP) is 8.93. The number of hydrogen-bond acceptors (Lipinski definition) is 1. The van der Waals surface area contributed by atoms with Crippen LogP contribution in [0.4, 0.5) is 0 Å². The number of allylic oxidation sites excluding steroid dienone is 3. The average Bonchev–Trinajstić information content (AvgIpc) is 3.04. The molecule has 174 valence electrons. The van der Waals surface area contributed by atoms with Crippen LogP contribution in [0.15, 0.2) is 37.1 Å². The van der Waals surface area contributed by atoms with E-state index in [9.17, 15) is 0 Å². The van der Waals surface area contributed by atoms with Gasteiger partial charge in [0.1, 0.15) is 0 Å². The highest BCUT2D eigenvalue weighted by atomic mass is 14.9. The standard InChI is InChI=1S/C29H53N/c1-11-13-14-22(3)23(4)19-24(5)25(6)30-18-16-27(20-28(7,8)12-2)26-15-17-29(9,10)21-26/h11,23-24,26-27,30H,1,3,6,12-21H2,2,4-5,7-10H3. The van der Waals surface area contributed by atoms with E-state index in [1.165, 1.54) is 49.8 Å². The zero-order valence-electron chi connectivity index (χ0n) is 21.6. The highest BCUT2D eigenvalue weighted by Gasteiger charge is 2.37. The Bertz CT molecular complexity index is 553. The fraction of sp³-hybridized carbons (Fsp3) is 0.793. The molecule has 1 aliphatic carbocycles. The van der Waals surface area contributed by atoms with Crippen molar-refractivity contribution in [2.45, 2.75) is 106 Å². The monoisotopic (exact) mass is 415 g/mol. The molecule has 0 spiro atoms. The summed E-state index contributed by atoms with van der Waals surface area (Å²) in [5.74, 6) is 2.75. The number of rotatable bonds is 15. The third-order valence-corrected chi connectivity index (χ3v) is 7.98. The average molecular weight is 416 g/mol. The molecule has 0 bridgehead atoms. The Morgan fingerprint density at radius 2 is 1.87 bits per heavy atom. The lowest BCUT2D eigenvalue weighted by atomic mass is 9.73. The minimum atomic E-state index is 0.447. The van der Waals surface area contributed by atoms with Gasteiger partial charge in [0.15, 0.2) is 0 Å². The molecule has 0 saturated heterocycles. The van der Waals surface area contributed by atoms with E-state index in [0.717, 1.165) is 37.6 Å². The first-order valence-electron chi connectivity index (χ1n) is 12.6. The fourth-order valence-corrected chi connectivity index (χ4v) is 5.22. The zero-order valence-corrected chi connectivity index (χ0v) is 21.6. The van der Waals surface area contributed by atoms with Crippen molar-refractivity contribution in [1.29, 1.82) is 0 Å². The highest BCUT2D eigenvalue weighted by molar-refractivity contribution is 5.04. The van der Waals surface area contributed by atoms with E-state index in [0.29, 0.717) is 22.7 Å². The van der Waals surface area contributed by atoms with Crippen molar-refractivity contribution in [3.8, 4) is 0 Å². The summed E-state index contributed by atoms with van der Waals surface area (Å²) in [6.45, 7) is 30.4. The summed E-state index contributed by atoms with van der Waals surface area (Å²) < 4.78 is 0. The highest BCUT2D eigenvalue weighted by Crippen LogP contribution is 2.47. The Morgan fingerprint density at radius 1 is 1.20 bits per heavy atom. The summed E-state index contributed by atoms with van der Waals surface area (Å²) in [6, 6.07) is 0. The van der Waals surface area contributed by atoms with Crippen LogP contribution in [0, 0.1) is 34.5 Å². The lowest BCUT2D eigenvalue weighted by Crippen LogP contribution is -2.27. The van der Waals surface area contributed by atoms with Crippen LogP contribution in [0.5, 0.6) is 0 Å². The van der Waals surface area contributed by atoms with Crippen LogP contribution in [0.25, 0.3) is 0 Å². The maximum absolute atomic E-state index is 4.38. The van der Waals surface area contributed by atoms with Crippen LogP contribution in [0.3, 0.4) is 0 Å². The van der Waals surface area contributed by atoms with Crippen molar-refractivity contribution in [2.75, 3.05) is 6.54 Å². The normalized spacial score (nSPS) is 21.6. The van der Waals surface area contributed by atoms with Crippen LogP contribution in [-0.2, 0) is 0 Å². The summed E-state index contributed by atoms with van der Waals surface area (Å²) in [5, 5.41) is 3.71. The Hall–Kier alpha value is -0.980. The molecule has 0 amide bonds. The Morgan fingerprint density at radius 3 is 2.40 bits per heavy atom. The molecule has 0 radical (unpaired) electrons. The maximum Gasteiger partial charge on any atom is 0.0146 e. The van der Waals surface area contributed by atoms with Gasteiger partial charge in [0.25, 0.3) is 0 Å². The van der Waals surface area contributed by atoms with Gasteiger partial charge in [-0.25, -0.2) is 0 Å². The second-order valence-corrected chi connectivity index (χ2v) is 11.9. The molecule has 0 aromatic heterocycles. The van der Waals surface area contributed by atoms with E-state index in [-0.39, 0.29) is 0 Å². The number of nitrogens with one attached hydrogen (secondary N) is 1. The molecule has 0 aliphatic heterocycles. The lowest BCUT2D eigenvalue weighted by molar-refractivity contribution is 0.183. The molecular formula is C29H53N. The van der Waals surface area contributed by atoms with Gasteiger partial charge in [0.05, 0.1) is 0 Å². The predicted molar refractivity (Wildman–Crippen MR) is 137 cm³/mol. The van der Waals surface area contributed by atoms with Gasteiger partial charge in [-0.1, -0.05) is 79.7 Å². The first kappa shape index (κ1) is 27.1. The van der Waals surface area contributed by atoms with Crippen LogP contribution >= 0.6 is 0 Å². The summed E-state index contributed by atoms with van der Waals surface area (Å²) in [5.41, 5.74) is 3.54. The molecule has 0 heterocycles. The third kappa shape index (κ3) is 9.44. The molecule has 30 heavy (non-hydrogen) atoms. The first-order valence-corrected chi connectivity index (χ1v) is 12.6. The Kier molecular flexibility index (Phi) is 11.0. The summed E-state index contributed by atoms with van der Waals surface area (Å²) in [7, 11) is 0. The van der Waals surface area contributed by atoms with Gasteiger partial charge in [-0.2, -0.15) is 0 Å². The molecule has 1 N–H and O–H groups in total. The third-order valence-electron chi connectivity index (χ3n) is 7.98. The van der Waals surface area contributed by atoms with Gasteiger partial charge in [0, 0.05) is 12.2 Å². The second-order valence-electron chi connectivity index (χ2n) is 11.9. The van der Waals surface area contributed by atoms with Gasteiger partial charge in [-0.05, 0) is 85.9 Å². The molecule has 1 heteroatoms. The first-order chi connectivity index (χ1) is 13.9. The SMILES string of the molecule is C=CCCC(=C)C(C)CC(C)C(=C)NCCC(CC(C)(C)CC)C1CCC(C)(C)C1. The molecular weight excluding hydrogens is 362 g/mol. The van der Waals surface area contributed by atoms with Crippen LogP contribution in [0.1, 0.15) is 106 Å². The molecule has 1 fully saturated rings. The van der Waals surface area contributed by atoms with E-state index in [2.05, 4.69) is 73.5 Å². The van der Waals surface area contributed by atoms with Crippen molar-refractivity contribution in [3.63, 3.8) is 0 Å². The molecule has 1 saturated carbocycles. The van der Waals surface area contributed by atoms with Crippen molar-refractivity contribution in [1.82, 2.24) is 5.32 Å². The molecule has 4 unspecified atom stereocenters. The fourth-order valence-electron chi connectivity index (χ4n) is 5.22. The molecule has 1 aliphatic rings. The second kappa shape index (κ2) is 12.2. The van der Waals surface area contributed by atoms with E-state index in [1.54, 1.807) is 0 Å². The molecule has 1 rings (SSSR count). The topological polar surface area (TPSA) is 12.0 Å². The van der Waals surface area contributed by atoms with E-state index >= 15 is 0 Å². The van der Waals surface area contributed by atoms with E-state index in [4.69, 9.17) is 0 Å². The molecule has 0 aromatic carbocycles. The quantitative estimate of drug-likeness (QED) is 0.263. The summed E-state index contributed by atoms with van der Waals surface area (Å²) in [6.07, 6.45) is 13.3. The smallest absolute Gasteiger partial charge is 0.0146 e. The van der Waals surface area contributed by atoms with Gasteiger partial charge >= 0.3 is 0 Å². The van der Waals surface area contributed by atoms with Crippen LogP contribution in [0.2, 0.25) is 0 Å². The van der Waals surface area contributed by atoms with Crippen molar-refractivity contribution < 1.29 is 0 Å². The minimum absolute atomic E-state index is 0.447. The minimum Gasteiger partial charge on any atom is -0.389 e. The van der Waals surface area contributed by atoms with E-state index in [1.807, 2.05) is 6.08 Å². The van der Waals surface area contributed by atoms with E-state index < -0.39 is 0 Å². The molecule has 0 aromatic rings. The van der Waals surface area contributed by atoms with Crippen molar-refractivity contribution >= 4 is 0 Å². The van der Waals surface area contributed by atoms with Crippen LogP contribution < -0.4 is 5.32 Å². The van der Waals surface area contributed by atoms with Gasteiger partial charge in [0.2, 0.25) is 0 Å². The van der Waals surface area contributed by atoms with Gasteiger partial charge < -0.3 is 5.32 Å². The summed E-state index contributed by atoms with van der Waals surface area (Å²) >= 11 is 0. The van der Waals surface area contributed by atoms with Crippen molar-refractivity contribution in [3.05, 3.63) is 37.1 Å². The molecule has 1 nitrogen and oxygen atoms in total. The lowest BCUT2D eigenvalue weighted by Gasteiger charge is -2.33. The zero-order chi connectivity index (χ0) is 22.9. The molecule has 4 atom stereocenters. The maximum atomic E-state index is 4.38. The number of hydrogen-bond donors (Lipinski definition) is 1. The summed E-state index contributed by atoms with van der Waals surface area (Å²) in [4.78, 5) is 0. The van der Waals surface area contributed by atoms with Gasteiger partial charge in [-0.3, -0.25) is 0 Å². The largest absolute Gasteiger partial charge is 0.389 e. The van der Waals surface area contributed by atoms with Gasteiger partial charge in [-0.15, -0.1) is 6.58 Å². The Balaban J connectivity index is 2.55. The van der Waals surface area contributed by atoms with Crippen LogP contribution in [-0.4, -0.2) is 6.54 Å². The van der Waals surface area contributed by atoms with Crippen molar-refractivity contribution in [2.24, 2.45) is 34.5 Å².